The normalized spacial score (nSPS) is 11.6. The molecule has 0 spiro atoms. The van der Waals surface area contributed by atoms with Crippen LogP contribution in [0.2, 0.25) is 0 Å². The van der Waals surface area contributed by atoms with E-state index < -0.39 is 0 Å². The van der Waals surface area contributed by atoms with Gasteiger partial charge >= 0.3 is 0 Å². The van der Waals surface area contributed by atoms with Crippen LogP contribution in [0.1, 0.15) is 11.1 Å². The monoisotopic (exact) mass is 851 g/mol. The van der Waals surface area contributed by atoms with Crippen LogP contribution in [0.4, 0.5) is 0 Å². The summed E-state index contributed by atoms with van der Waals surface area (Å²) in [5.41, 5.74) is 16.5. The van der Waals surface area contributed by atoms with Crippen LogP contribution in [0.15, 0.2) is 224 Å². The number of hydrogen-bond donors (Lipinski definition) is 0. The van der Waals surface area contributed by atoms with Crippen LogP contribution in [0.25, 0.3) is 116 Å². The maximum Gasteiger partial charge on any atom is 0.0998 e. The van der Waals surface area contributed by atoms with Crippen LogP contribution in [0.3, 0.4) is 0 Å². The number of nitriles is 2. The Kier molecular flexibility index (Phi) is 8.58. The zero-order valence-electron chi connectivity index (χ0n) is 36.1. The molecule has 0 N–H and O–H groups in total. The van der Waals surface area contributed by atoms with Crippen molar-refractivity contribution in [3.05, 3.63) is 236 Å². The number of benzene rings is 10. The highest BCUT2D eigenvalue weighted by atomic mass is 15.0. The number of nitrogens with zero attached hydrogens (tertiary/aromatic N) is 5. The van der Waals surface area contributed by atoms with E-state index in [-0.39, 0.29) is 0 Å². The van der Waals surface area contributed by atoms with E-state index in [0.717, 1.165) is 105 Å². The summed E-state index contributed by atoms with van der Waals surface area (Å²) in [6, 6.07) is 83.8. The SMILES string of the molecule is N#Cc1ccc(C#N)c(-c2cc(-c3ccccc3)c(-n3c4ccc(-n5c6ccccc6c6ccccc65)cc4c4ccc5c(c6ccccc6n5-c5ccccc5)c43)cc2-c2ccccc2)c1. The number of hydrogen-bond acceptors (Lipinski definition) is 2. The van der Waals surface area contributed by atoms with E-state index in [1.165, 1.54) is 10.8 Å². The first-order valence-corrected chi connectivity index (χ1v) is 22.5. The lowest BCUT2D eigenvalue weighted by molar-refractivity contribution is 1.17. The molecule has 0 fully saturated rings. The van der Waals surface area contributed by atoms with Gasteiger partial charge in [-0.05, 0) is 107 Å². The standard InChI is InChI=1S/C62H37N5/c63-38-40-28-29-43(39-64)50(34-40)53-36-52(42-18-6-2-7-19-42)60(37-51(53)41-16-4-1-5-17-41)67-58-32-30-45(66-55-25-13-10-22-46(55)47-23-11-14-26-56(47)66)35-54(58)48-31-33-59-61(62(48)67)49-24-12-15-27-57(49)65(59)44-20-8-3-9-21-44/h1-37H. The fourth-order valence-corrected chi connectivity index (χ4v) is 10.6. The van der Waals surface area contributed by atoms with E-state index in [4.69, 9.17) is 0 Å². The largest absolute Gasteiger partial charge is 0.309 e. The first kappa shape index (κ1) is 38.1. The van der Waals surface area contributed by atoms with Gasteiger partial charge in [-0.25, -0.2) is 0 Å². The fourth-order valence-electron chi connectivity index (χ4n) is 10.6. The van der Waals surface area contributed by atoms with Crippen molar-refractivity contribution in [1.29, 1.82) is 10.5 Å². The van der Waals surface area contributed by atoms with Crippen molar-refractivity contribution < 1.29 is 0 Å². The minimum Gasteiger partial charge on any atom is -0.309 e. The molecule has 0 unspecified atom stereocenters. The van der Waals surface area contributed by atoms with Crippen LogP contribution in [0.5, 0.6) is 0 Å². The third-order valence-corrected chi connectivity index (χ3v) is 13.5. The lowest BCUT2D eigenvalue weighted by Gasteiger charge is -2.21. The maximum absolute atomic E-state index is 10.6. The summed E-state index contributed by atoms with van der Waals surface area (Å²) in [5.74, 6) is 0. The molecular formula is C62H37N5. The highest BCUT2D eigenvalue weighted by Gasteiger charge is 2.25. The van der Waals surface area contributed by atoms with Gasteiger partial charge in [0.15, 0.2) is 0 Å². The summed E-state index contributed by atoms with van der Waals surface area (Å²) in [7, 11) is 0. The predicted molar refractivity (Wildman–Crippen MR) is 275 cm³/mol. The van der Waals surface area contributed by atoms with Crippen molar-refractivity contribution in [1.82, 2.24) is 13.7 Å². The Bertz CT molecular complexity index is 4160. The molecule has 0 aliphatic heterocycles. The number of aromatic nitrogens is 3. The molecule has 0 amide bonds. The number of para-hydroxylation sites is 4. The lowest BCUT2D eigenvalue weighted by Crippen LogP contribution is -2.01. The highest BCUT2D eigenvalue weighted by molar-refractivity contribution is 6.26. The molecular weight excluding hydrogens is 815 g/mol. The maximum atomic E-state index is 10.6. The van der Waals surface area contributed by atoms with Gasteiger partial charge in [0, 0.05) is 54.8 Å². The zero-order valence-corrected chi connectivity index (χ0v) is 36.1. The molecule has 310 valence electrons. The molecule has 67 heavy (non-hydrogen) atoms. The van der Waals surface area contributed by atoms with E-state index in [1.807, 2.05) is 18.2 Å². The Morgan fingerprint density at radius 3 is 1.52 bits per heavy atom. The van der Waals surface area contributed by atoms with Crippen molar-refractivity contribution in [3.63, 3.8) is 0 Å². The molecule has 0 radical (unpaired) electrons. The average Bonchev–Trinajstić information content (AvgIpc) is 4.04. The molecule has 5 nitrogen and oxygen atoms in total. The van der Waals surface area contributed by atoms with Crippen molar-refractivity contribution in [3.8, 4) is 62.6 Å². The molecule has 13 rings (SSSR count). The Morgan fingerprint density at radius 1 is 0.313 bits per heavy atom. The molecule has 0 aliphatic carbocycles. The van der Waals surface area contributed by atoms with Crippen molar-refractivity contribution in [2.75, 3.05) is 0 Å². The van der Waals surface area contributed by atoms with Gasteiger partial charge in [0.1, 0.15) is 0 Å². The topological polar surface area (TPSA) is 62.4 Å². The van der Waals surface area contributed by atoms with Gasteiger partial charge < -0.3 is 13.7 Å². The number of rotatable bonds is 6. The molecule has 0 atom stereocenters. The summed E-state index contributed by atoms with van der Waals surface area (Å²) in [6.45, 7) is 0. The third kappa shape index (κ3) is 5.79. The zero-order chi connectivity index (χ0) is 44.6. The van der Waals surface area contributed by atoms with E-state index in [0.29, 0.717) is 11.1 Å². The highest BCUT2D eigenvalue weighted by Crippen LogP contribution is 2.47. The van der Waals surface area contributed by atoms with Crippen LogP contribution in [0, 0.1) is 22.7 Å². The second-order valence-corrected chi connectivity index (χ2v) is 17.1. The molecule has 0 saturated carbocycles. The minimum absolute atomic E-state index is 0.497. The van der Waals surface area contributed by atoms with Crippen molar-refractivity contribution in [2.24, 2.45) is 0 Å². The fraction of sp³-hybridized carbons (Fsp3) is 0. The second kappa shape index (κ2) is 15.1. The Labute approximate surface area is 386 Å². The lowest BCUT2D eigenvalue weighted by atomic mass is 9.87. The van der Waals surface area contributed by atoms with Crippen molar-refractivity contribution in [2.45, 2.75) is 0 Å². The Morgan fingerprint density at radius 2 is 0.866 bits per heavy atom. The molecule has 10 aromatic carbocycles. The third-order valence-electron chi connectivity index (χ3n) is 13.5. The van der Waals surface area contributed by atoms with E-state index >= 15 is 0 Å². The van der Waals surface area contributed by atoms with Crippen LogP contribution in [-0.2, 0) is 0 Å². The van der Waals surface area contributed by atoms with Crippen molar-refractivity contribution >= 4 is 65.4 Å². The molecule has 13 aromatic rings. The summed E-state index contributed by atoms with van der Waals surface area (Å²) in [5, 5.41) is 27.7. The van der Waals surface area contributed by atoms with Crippen LogP contribution >= 0.6 is 0 Å². The minimum atomic E-state index is 0.497. The summed E-state index contributed by atoms with van der Waals surface area (Å²) in [4.78, 5) is 0. The second-order valence-electron chi connectivity index (χ2n) is 17.1. The van der Waals surface area contributed by atoms with Gasteiger partial charge in [-0.15, -0.1) is 0 Å². The van der Waals surface area contributed by atoms with E-state index in [1.54, 1.807) is 12.1 Å². The van der Waals surface area contributed by atoms with Gasteiger partial charge in [0.2, 0.25) is 0 Å². The van der Waals surface area contributed by atoms with E-state index in [2.05, 4.69) is 220 Å². The first-order chi connectivity index (χ1) is 33.2. The molecule has 0 bridgehead atoms. The van der Waals surface area contributed by atoms with Gasteiger partial charge in [-0.2, -0.15) is 10.5 Å². The molecule has 0 saturated heterocycles. The Hall–Kier alpha value is -9.42. The van der Waals surface area contributed by atoms with Crippen LogP contribution in [-0.4, -0.2) is 13.7 Å². The average molecular weight is 852 g/mol. The number of fused-ring (bicyclic) bond motifs is 10. The molecule has 5 heteroatoms. The quantitative estimate of drug-likeness (QED) is 0.167. The molecule has 3 aromatic heterocycles. The smallest absolute Gasteiger partial charge is 0.0998 e. The molecule has 0 aliphatic rings. The predicted octanol–water partition coefficient (Wildman–Crippen LogP) is 15.7. The van der Waals surface area contributed by atoms with E-state index in [9.17, 15) is 10.5 Å². The summed E-state index contributed by atoms with van der Waals surface area (Å²) < 4.78 is 7.27. The summed E-state index contributed by atoms with van der Waals surface area (Å²) >= 11 is 0. The van der Waals surface area contributed by atoms with Crippen LogP contribution < -0.4 is 0 Å². The van der Waals surface area contributed by atoms with Gasteiger partial charge in [0.25, 0.3) is 0 Å². The summed E-state index contributed by atoms with van der Waals surface area (Å²) in [6.07, 6.45) is 0. The first-order valence-electron chi connectivity index (χ1n) is 22.5. The van der Waals surface area contributed by atoms with Gasteiger partial charge in [-0.1, -0.05) is 140 Å². The van der Waals surface area contributed by atoms with Gasteiger partial charge in [-0.3, -0.25) is 0 Å². The van der Waals surface area contributed by atoms with Gasteiger partial charge in [0.05, 0.1) is 62.1 Å². The Balaban J connectivity index is 1.22. The molecule has 3 heterocycles.